The van der Waals surface area contributed by atoms with Gasteiger partial charge in [-0.2, -0.15) is 0 Å². The van der Waals surface area contributed by atoms with Gasteiger partial charge in [0.2, 0.25) is 0 Å². The molecule has 0 saturated carbocycles. The molecule has 19 heavy (non-hydrogen) atoms. The van der Waals surface area contributed by atoms with E-state index in [0.29, 0.717) is 0 Å². The molecule has 104 valence electrons. The molecule has 1 aromatic rings. The van der Waals surface area contributed by atoms with Gasteiger partial charge in [0.15, 0.2) is 0 Å². The first-order chi connectivity index (χ1) is 9.15. The van der Waals surface area contributed by atoms with E-state index in [1.54, 1.807) is 6.07 Å². The van der Waals surface area contributed by atoms with Crippen molar-refractivity contribution in [1.82, 2.24) is 4.98 Å². The van der Waals surface area contributed by atoms with Crippen LogP contribution < -0.4 is 5.32 Å². The van der Waals surface area contributed by atoms with Crippen molar-refractivity contribution in [3.05, 3.63) is 22.9 Å². The molecule has 2 rings (SSSR count). The fourth-order valence-corrected chi connectivity index (χ4v) is 2.25. The Morgan fingerprint density at radius 1 is 1.32 bits per heavy atom. The number of aromatic carboxylic acids is 1. The molecule has 0 unspecified atom stereocenters. The van der Waals surface area contributed by atoms with Gasteiger partial charge in [0.25, 0.3) is 0 Å². The van der Waals surface area contributed by atoms with Crippen molar-refractivity contribution in [1.29, 1.82) is 0 Å². The molecule has 0 atom stereocenters. The third kappa shape index (κ3) is 3.02. The van der Waals surface area contributed by atoms with E-state index >= 15 is 0 Å². The maximum absolute atomic E-state index is 11.3. The number of aliphatic hydroxyl groups is 2. The minimum Gasteiger partial charge on any atom is -0.478 e. The van der Waals surface area contributed by atoms with Gasteiger partial charge in [-0.25, -0.2) is 9.78 Å². The zero-order valence-corrected chi connectivity index (χ0v) is 10.6. The van der Waals surface area contributed by atoms with Crippen LogP contribution in [0.4, 0.5) is 5.82 Å². The highest BCUT2D eigenvalue weighted by molar-refractivity contribution is 5.93. The first kappa shape index (κ1) is 13.8. The summed E-state index contributed by atoms with van der Waals surface area (Å²) in [6.45, 7) is -0.567. The summed E-state index contributed by atoms with van der Waals surface area (Å²) in [7, 11) is 0. The van der Waals surface area contributed by atoms with Gasteiger partial charge in [0.1, 0.15) is 11.4 Å². The van der Waals surface area contributed by atoms with Gasteiger partial charge in [-0.3, -0.25) is 0 Å². The van der Waals surface area contributed by atoms with Crippen LogP contribution >= 0.6 is 0 Å². The number of hydrogen-bond acceptors (Lipinski definition) is 5. The number of nitrogens with one attached hydrogen (secondary N) is 1. The molecular formula is C13H18N2O4. The molecule has 1 heterocycles. The molecule has 0 amide bonds. The number of anilines is 1. The SMILES string of the molecule is O=C(O)c1cc2c(nc1NC(CO)CO)CCCC2. The number of hydrogen-bond donors (Lipinski definition) is 4. The summed E-state index contributed by atoms with van der Waals surface area (Å²) >= 11 is 0. The second-order valence-corrected chi connectivity index (χ2v) is 4.71. The Morgan fingerprint density at radius 3 is 2.63 bits per heavy atom. The predicted molar refractivity (Wildman–Crippen MR) is 69.4 cm³/mol. The van der Waals surface area contributed by atoms with E-state index in [-0.39, 0.29) is 24.6 Å². The maximum atomic E-state index is 11.3. The molecule has 1 aromatic heterocycles. The molecule has 0 spiro atoms. The maximum Gasteiger partial charge on any atom is 0.339 e. The van der Waals surface area contributed by atoms with Gasteiger partial charge in [0.05, 0.1) is 19.3 Å². The van der Waals surface area contributed by atoms with Crippen LogP contribution in [0.1, 0.15) is 34.5 Å². The van der Waals surface area contributed by atoms with Gasteiger partial charge < -0.3 is 20.6 Å². The number of pyridine rings is 1. The summed E-state index contributed by atoms with van der Waals surface area (Å²) in [6.07, 6.45) is 3.80. The zero-order valence-electron chi connectivity index (χ0n) is 10.6. The number of aromatic nitrogens is 1. The number of fused-ring (bicyclic) bond motifs is 1. The summed E-state index contributed by atoms with van der Waals surface area (Å²) < 4.78 is 0. The fourth-order valence-electron chi connectivity index (χ4n) is 2.25. The second-order valence-electron chi connectivity index (χ2n) is 4.71. The van der Waals surface area contributed by atoms with Gasteiger partial charge in [0, 0.05) is 5.69 Å². The number of carbonyl (C=O) groups is 1. The van der Waals surface area contributed by atoms with Crippen molar-refractivity contribution >= 4 is 11.8 Å². The smallest absolute Gasteiger partial charge is 0.339 e. The van der Waals surface area contributed by atoms with Crippen LogP contribution in [0.5, 0.6) is 0 Å². The Bertz CT molecular complexity index is 472. The molecule has 6 nitrogen and oxygen atoms in total. The van der Waals surface area contributed by atoms with E-state index in [1.165, 1.54) is 0 Å². The van der Waals surface area contributed by atoms with Crippen LogP contribution in [0.2, 0.25) is 0 Å². The Kier molecular flexibility index (Phi) is 4.34. The van der Waals surface area contributed by atoms with Crippen LogP contribution in [0.3, 0.4) is 0 Å². The van der Waals surface area contributed by atoms with Crippen molar-refractivity contribution < 1.29 is 20.1 Å². The highest BCUT2D eigenvalue weighted by Crippen LogP contribution is 2.25. The average Bonchev–Trinajstić information content (AvgIpc) is 2.43. The van der Waals surface area contributed by atoms with Crippen molar-refractivity contribution in [2.45, 2.75) is 31.7 Å². The summed E-state index contributed by atoms with van der Waals surface area (Å²) in [4.78, 5) is 15.6. The van der Waals surface area contributed by atoms with Crippen LogP contribution in [0.25, 0.3) is 0 Å². The molecule has 1 aliphatic rings. The van der Waals surface area contributed by atoms with E-state index < -0.39 is 12.0 Å². The molecule has 0 radical (unpaired) electrons. The minimum atomic E-state index is -1.06. The molecular weight excluding hydrogens is 248 g/mol. The van der Waals surface area contributed by atoms with Crippen molar-refractivity contribution in [2.75, 3.05) is 18.5 Å². The first-order valence-corrected chi connectivity index (χ1v) is 6.40. The molecule has 4 N–H and O–H groups in total. The van der Waals surface area contributed by atoms with Crippen molar-refractivity contribution in [3.8, 4) is 0 Å². The molecule has 0 fully saturated rings. The second kappa shape index (κ2) is 5.99. The van der Waals surface area contributed by atoms with Crippen LogP contribution in [-0.2, 0) is 12.8 Å². The third-order valence-electron chi connectivity index (χ3n) is 3.31. The van der Waals surface area contributed by atoms with Gasteiger partial charge >= 0.3 is 5.97 Å². The Morgan fingerprint density at radius 2 is 2.00 bits per heavy atom. The topological polar surface area (TPSA) is 103 Å². The zero-order chi connectivity index (χ0) is 13.8. The average molecular weight is 266 g/mol. The lowest BCUT2D eigenvalue weighted by Gasteiger charge is -2.20. The normalized spacial score (nSPS) is 14.3. The number of aliphatic hydroxyl groups excluding tert-OH is 2. The number of carboxylic acid groups (broad SMARTS) is 1. The summed E-state index contributed by atoms with van der Waals surface area (Å²) in [5.41, 5.74) is 1.99. The van der Waals surface area contributed by atoms with Gasteiger partial charge in [-0.15, -0.1) is 0 Å². The lowest BCUT2D eigenvalue weighted by Crippen LogP contribution is -2.29. The Hall–Kier alpha value is -1.66. The lowest BCUT2D eigenvalue weighted by molar-refractivity contribution is 0.0697. The summed E-state index contributed by atoms with van der Waals surface area (Å²) in [5.74, 6) is -0.834. The van der Waals surface area contributed by atoms with Crippen molar-refractivity contribution in [3.63, 3.8) is 0 Å². The van der Waals surface area contributed by atoms with E-state index in [0.717, 1.165) is 36.9 Å². The van der Waals surface area contributed by atoms with E-state index in [4.69, 9.17) is 10.2 Å². The van der Waals surface area contributed by atoms with Crippen LogP contribution in [0.15, 0.2) is 6.07 Å². The number of carboxylic acids is 1. The number of rotatable bonds is 5. The predicted octanol–water partition coefficient (Wildman–Crippen LogP) is 0.424. The highest BCUT2D eigenvalue weighted by atomic mass is 16.4. The molecule has 0 aliphatic heterocycles. The van der Waals surface area contributed by atoms with E-state index in [1.807, 2.05) is 0 Å². The van der Waals surface area contributed by atoms with Crippen LogP contribution in [0, 0.1) is 0 Å². The molecule has 1 aliphatic carbocycles. The van der Waals surface area contributed by atoms with Gasteiger partial charge in [-0.1, -0.05) is 0 Å². The first-order valence-electron chi connectivity index (χ1n) is 6.40. The number of nitrogens with zero attached hydrogens (tertiary/aromatic N) is 1. The van der Waals surface area contributed by atoms with E-state index in [2.05, 4.69) is 10.3 Å². The monoisotopic (exact) mass is 266 g/mol. The number of aryl methyl sites for hydroxylation is 2. The fraction of sp³-hybridized carbons (Fsp3) is 0.538. The molecule has 0 bridgehead atoms. The molecule has 0 aromatic carbocycles. The van der Waals surface area contributed by atoms with Crippen molar-refractivity contribution in [2.24, 2.45) is 0 Å². The minimum absolute atomic E-state index is 0.0903. The largest absolute Gasteiger partial charge is 0.478 e. The van der Waals surface area contributed by atoms with Gasteiger partial charge in [-0.05, 0) is 37.3 Å². The Balaban J connectivity index is 2.36. The molecule has 0 saturated heterocycles. The third-order valence-corrected chi connectivity index (χ3v) is 3.31. The molecule has 6 heteroatoms. The van der Waals surface area contributed by atoms with Crippen LogP contribution in [-0.4, -0.2) is 45.5 Å². The van der Waals surface area contributed by atoms with E-state index in [9.17, 15) is 9.90 Å². The standard InChI is InChI=1S/C13H18N2O4/c16-6-9(7-17)14-12-10(13(18)19)5-8-3-1-2-4-11(8)15-12/h5,9,16-17H,1-4,6-7H2,(H,14,15)(H,18,19). The summed E-state index contributed by atoms with van der Waals surface area (Å²) in [5, 5.41) is 30.1. The lowest BCUT2D eigenvalue weighted by atomic mass is 9.94. The quantitative estimate of drug-likeness (QED) is 0.616. The Labute approximate surface area is 111 Å². The highest BCUT2D eigenvalue weighted by Gasteiger charge is 2.20. The summed E-state index contributed by atoms with van der Waals surface area (Å²) in [6, 6.07) is 1.05.